The van der Waals surface area contributed by atoms with Gasteiger partial charge in [-0.2, -0.15) is 0 Å². The molecule has 104 valence electrons. The van der Waals surface area contributed by atoms with Gasteiger partial charge in [0.2, 0.25) is 0 Å². The molecule has 0 radical (unpaired) electrons. The molecule has 1 aromatic rings. The molecule has 1 fully saturated rings. The van der Waals surface area contributed by atoms with Crippen molar-refractivity contribution in [3.63, 3.8) is 0 Å². The average Bonchev–Trinajstić information content (AvgIpc) is 2.83. The zero-order valence-corrected chi connectivity index (χ0v) is 12.1. The van der Waals surface area contributed by atoms with Crippen LogP contribution in [0, 0.1) is 0 Å². The van der Waals surface area contributed by atoms with E-state index in [-0.39, 0.29) is 5.60 Å². The fraction of sp³-hybridized carbons (Fsp3) is 0.647. The molecule has 1 heterocycles. The average molecular weight is 259 g/mol. The summed E-state index contributed by atoms with van der Waals surface area (Å²) in [6.45, 7) is 6.44. The molecular formula is C17H25NO. The summed E-state index contributed by atoms with van der Waals surface area (Å²) < 4.78 is 6.05. The number of nitrogens with one attached hydrogen (secondary N) is 1. The number of rotatable bonds is 5. The van der Waals surface area contributed by atoms with E-state index in [2.05, 4.69) is 43.4 Å². The smallest absolute Gasteiger partial charge is 0.0807 e. The monoisotopic (exact) mass is 259 g/mol. The molecule has 1 aliphatic heterocycles. The second-order valence-electron chi connectivity index (χ2n) is 6.21. The van der Waals surface area contributed by atoms with Crippen LogP contribution in [0.2, 0.25) is 0 Å². The maximum Gasteiger partial charge on any atom is 0.0807 e. The molecule has 2 nitrogen and oxygen atoms in total. The third-order valence-electron chi connectivity index (χ3n) is 4.92. The van der Waals surface area contributed by atoms with Gasteiger partial charge in [-0.15, -0.1) is 0 Å². The number of benzene rings is 1. The van der Waals surface area contributed by atoms with Gasteiger partial charge in [0.25, 0.3) is 0 Å². The Labute approximate surface area is 116 Å². The minimum absolute atomic E-state index is 0.0422. The largest absolute Gasteiger partial charge is 0.374 e. The van der Waals surface area contributed by atoms with E-state index in [1.807, 2.05) is 0 Å². The van der Waals surface area contributed by atoms with E-state index in [4.69, 9.17) is 4.74 Å². The first-order valence-corrected chi connectivity index (χ1v) is 7.68. The van der Waals surface area contributed by atoms with Crippen molar-refractivity contribution in [1.29, 1.82) is 0 Å². The van der Waals surface area contributed by atoms with Crippen LogP contribution in [0.15, 0.2) is 24.3 Å². The lowest BCUT2D eigenvalue weighted by atomic mass is 9.72. The lowest BCUT2D eigenvalue weighted by Crippen LogP contribution is -2.49. The third kappa shape index (κ3) is 2.44. The first kappa shape index (κ1) is 13.1. The van der Waals surface area contributed by atoms with Crippen molar-refractivity contribution in [2.75, 3.05) is 13.2 Å². The molecule has 3 atom stereocenters. The van der Waals surface area contributed by atoms with Crippen LogP contribution in [0.5, 0.6) is 0 Å². The zero-order valence-electron chi connectivity index (χ0n) is 12.1. The standard InChI is InChI=1S/C17H25NO/c1-3-18-16(17(2)9-6-10-19-17)12-14-11-13-7-4-5-8-15(13)14/h4-5,7-8,14,16,18H,3,6,9-12H2,1-2H3. The minimum atomic E-state index is 0.0422. The van der Waals surface area contributed by atoms with Crippen molar-refractivity contribution in [3.05, 3.63) is 35.4 Å². The number of hydrogen-bond acceptors (Lipinski definition) is 2. The lowest BCUT2D eigenvalue weighted by Gasteiger charge is -2.39. The Morgan fingerprint density at radius 1 is 1.42 bits per heavy atom. The number of ether oxygens (including phenoxy) is 1. The molecule has 2 aliphatic rings. The second kappa shape index (κ2) is 5.26. The van der Waals surface area contributed by atoms with E-state index in [1.165, 1.54) is 25.7 Å². The molecule has 3 rings (SSSR count). The quantitative estimate of drug-likeness (QED) is 0.876. The summed E-state index contributed by atoms with van der Waals surface area (Å²) in [5, 5.41) is 3.67. The van der Waals surface area contributed by atoms with E-state index in [0.717, 1.165) is 19.1 Å². The van der Waals surface area contributed by atoms with E-state index in [9.17, 15) is 0 Å². The van der Waals surface area contributed by atoms with Gasteiger partial charge in [0, 0.05) is 12.6 Å². The molecular weight excluding hydrogens is 234 g/mol. The van der Waals surface area contributed by atoms with Crippen LogP contribution < -0.4 is 5.32 Å². The Morgan fingerprint density at radius 2 is 2.26 bits per heavy atom. The fourth-order valence-electron chi connectivity index (χ4n) is 3.73. The van der Waals surface area contributed by atoms with Crippen LogP contribution >= 0.6 is 0 Å². The summed E-state index contributed by atoms with van der Waals surface area (Å²) in [6.07, 6.45) is 4.86. The van der Waals surface area contributed by atoms with Gasteiger partial charge >= 0.3 is 0 Å². The summed E-state index contributed by atoms with van der Waals surface area (Å²) in [5.41, 5.74) is 3.15. The predicted molar refractivity (Wildman–Crippen MR) is 78.6 cm³/mol. The highest BCUT2D eigenvalue weighted by Gasteiger charge is 2.40. The van der Waals surface area contributed by atoms with Gasteiger partial charge in [-0.05, 0) is 56.2 Å². The first-order valence-electron chi connectivity index (χ1n) is 7.68. The molecule has 1 N–H and O–H groups in total. The summed E-state index contributed by atoms with van der Waals surface area (Å²) in [4.78, 5) is 0. The Morgan fingerprint density at radius 3 is 2.95 bits per heavy atom. The zero-order chi connectivity index (χ0) is 13.3. The molecule has 1 aromatic carbocycles. The molecule has 0 amide bonds. The molecule has 19 heavy (non-hydrogen) atoms. The summed E-state index contributed by atoms with van der Waals surface area (Å²) in [5.74, 6) is 0.723. The van der Waals surface area contributed by atoms with E-state index in [1.54, 1.807) is 11.1 Å². The van der Waals surface area contributed by atoms with Crippen LogP contribution in [-0.2, 0) is 11.2 Å². The van der Waals surface area contributed by atoms with Gasteiger partial charge in [-0.1, -0.05) is 31.2 Å². The SMILES string of the molecule is CCNC(CC1Cc2ccccc21)C1(C)CCCO1. The van der Waals surface area contributed by atoms with Crippen LogP contribution in [0.4, 0.5) is 0 Å². The normalized spacial score (nSPS) is 30.7. The summed E-state index contributed by atoms with van der Waals surface area (Å²) in [7, 11) is 0. The minimum Gasteiger partial charge on any atom is -0.374 e. The Hall–Kier alpha value is -0.860. The molecule has 0 saturated carbocycles. The number of likely N-dealkylation sites (N-methyl/N-ethyl adjacent to an activating group) is 1. The first-order chi connectivity index (χ1) is 9.23. The summed E-state index contributed by atoms with van der Waals surface area (Å²) >= 11 is 0. The van der Waals surface area contributed by atoms with Crippen LogP contribution in [-0.4, -0.2) is 24.8 Å². The van der Waals surface area contributed by atoms with Crippen LogP contribution in [0.1, 0.15) is 50.2 Å². The number of hydrogen-bond donors (Lipinski definition) is 1. The Kier molecular flexibility index (Phi) is 3.64. The van der Waals surface area contributed by atoms with Crippen molar-refractivity contribution < 1.29 is 4.74 Å². The molecule has 1 aliphatic carbocycles. The topological polar surface area (TPSA) is 21.3 Å². The second-order valence-corrected chi connectivity index (χ2v) is 6.21. The van der Waals surface area contributed by atoms with Crippen molar-refractivity contribution in [1.82, 2.24) is 5.32 Å². The van der Waals surface area contributed by atoms with Crippen molar-refractivity contribution in [2.45, 2.75) is 57.1 Å². The van der Waals surface area contributed by atoms with Gasteiger partial charge in [-0.3, -0.25) is 0 Å². The maximum atomic E-state index is 6.05. The molecule has 1 saturated heterocycles. The van der Waals surface area contributed by atoms with Gasteiger partial charge in [0.05, 0.1) is 5.60 Å². The summed E-state index contributed by atoms with van der Waals surface area (Å²) in [6, 6.07) is 9.37. The number of fused-ring (bicyclic) bond motifs is 1. The van der Waals surface area contributed by atoms with Gasteiger partial charge < -0.3 is 10.1 Å². The Balaban J connectivity index is 1.70. The highest BCUT2D eigenvalue weighted by Crippen LogP contribution is 2.41. The highest BCUT2D eigenvalue weighted by molar-refractivity contribution is 5.40. The molecule has 0 spiro atoms. The molecule has 3 unspecified atom stereocenters. The van der Waals surface area contributed by atoms with Crippen LogP contribution in [0.25, 0.3) is 0 Å². The fourth-order valence-corrected chi connectivity index (χ4v) is 3.73. The maximum absolute atomic E-state index is 6.05. The van der Waals surface area contributed by atoms with Crippen molar-refractivity contribution >= 4 is 0 Å². The molecule has 0 bridgehead atoms. The highest BCUT2D eigenvalue weighted by atomic mass is 16.5. The Bertz CT molecular complexity index is 437. The molecule has 0 aromatic heterocycles. The van der Waals surface area contributed by atoms with E-state index < -0.39 is 0 Å². The van der Waals surface area contributed by atoms with Crippen LogP contribution in [0.3, 0.4) is 0 Å². The van der Waals surface area contributed by atoms with Crippen molar-refractivity contribution in [3.8, 4) is 0 Å². The van der Waals surface area contributed by atoms with Gasteiger partial charge in [0.1, 0.15) is 0 Å². The van der Waals surface area contributed by atoms with E-state index in [0.29, 0.717) is 6.04 Å². The lowest BCUT2D eigenvalue weighted by molar-refractivity contribution is -0.0158. The van der Waals surface area contributed by atoms with E-state index >= 15 is 0 Å². The third-order valence-corrected chi connectivity index (χ3v) is 4.92. The predicted octanol–water partition coefficient (Wildman–Crippen LogP) is 3.26. The van der Waals surface area contributed by atoms with Gasteiger partial charge in [0.15, 0.2) is 0 Å². The van der Waals surface area contributed by atoms with Gasteiger partial charge in [-0.25, -0.2) is 0 Å². The molecule has 2 heteroatoms. The van der Waals surface area contributed by atoms with Crippen molar-refractivity contribution in [2.24, 2.45) is 0 Å².